The third kappa shape index (κ3) is 4.24. The lowest BCUT2D eigenvalue weighted by Crippen LogP contribution is -2.36. The Morgan fingerprint density at radius 3 is 2.50 bits per heavy atom. The van der Waals surface area contributed by atoms with Crippen molar-refractivity contribution in [1.82, 2.24) is 4.57 Å². The average Bonchev–Trinajstić information content (AvgIpc) is 3.36. The highest BCUT2D eigenvalue weighted by Gasteiger charge is 2.28. The van der Waals surface area contributed by atoms with Crippen molar-refractivity contribution in [1.29, 1.82) is 0 Å². The van der Waals surface area contributed by atoms with Crippen LogP contribution in [-0.4, -0.2) is 40.7 Å². The maximum absolute atomic E-state index is 13.5. The molecule has 0 unspecified atom stereocenters. The van der Waals surface area contributed by atoms with Crippen LogP contribution in [0.1, 0.15) is 39.7 Å². The van der Waals surface area contributed by atoms with Gasteiger partial charge in [0.15, 0.2) is 0 Å². The number of para-hydroxylation sites is 1. The lowest BCUT2D eigenvalue weighted by atomic mass is 10.1. The number of anilines is 1. The van der Waals surface area contributed by atoms with E-state index in [9.17, 15) is 14.7 Å². The summed E-state index contributed by atoms with van der Waals surface area (Å²) in [5, 5.41) is 10.2. The van der Waals surface area contributed by atoms with Crippen LogP contribution in [0.4, 0.5) is 5.69 Å². The smallest absolute Gasteiger partial charge is 0.307 e. The summed E-state index contributed by atoms with van der Waals surface area (Å²) < 4.78 is 7.75. The van der Waals surface area contributed by atoms with E-state index in [0.717, 1.165) is 35.2 Å². The van der Waals surface area contributed by atoms with E-state index in [1.165, 1.54) is 11.3 Å². The molecule has 0 saturated carbocycles. The Kier molecular flexibility index (Phi) is 6.27. The minimum absolute atomic E-state index is 0.126. The molecule has 1 aliphatic rings. The van der Waals surface area contributed by atoms with Gasteiger partial charge in [-0.1, -0.05) is 29.8 Å². The summed E-state index contributed by atoms with van der Waals surface area (Å²) in [6, 6.07) is 21.7. The van der Waals surface area contributed by atoms with Gasteiger partial charge in [-0.3, -0.25) is 14.2 Å². The molecule has 0 radical (unpaired) electrons. The first kappa shape index (κ1) is 23.7. The number of ether oxygens (including phenoxy) is 1. The lowest BCUT2D eigenvalue weighted by Gasteiger charge is -2.26. The number of aryl methyl sites for hydroxylation is 1. The van der Waals surface area contributed by atoms with Crippen molar-refractivity contribution in [2.24, 2.45) is 0 Å². The second-order valence-corrected chi connectivity index (χ2v) is 9.40. The van der Waals surface area contributed by atoms with E-state index in [2.05, 4.69) is 36.1 Å². The second kappa shape index (κ2) is 9.53. The molecule has 5 rings (SSSR count). The van der Waals surface area contributed by atoms with E-state index in [1.54, 1.807) is 16.7 Å². The molecule has 0 bridgehead atoms. The maximum atomic E-state index is 13.5. The second-order valence-electron chi connectivity index (χ2n) is 9.40. The first-order valence-electron chi connectivity index (χ1n) is 12.3. The number of hydrogen-bond donors (Lipinski definition) is 1. The molecular weight excluding hydrogens is 452 g/mol. The highest BCUT2D eigenvalue weighted by atomic mass is 16.5. The monoisotopic (exact) mass is 482 g/mol. The van der Waals surface area contributed by atoms with Crippen LogP contribution in [-0.2, 0) is 17.6 Å². The van der Waals surface area contributed by atoms with Crippen molar-refractivity contribution in [2.45, 2.75) is 39.7 Å². The fourth-order valence-corrected chi connectivity index (χ4v) is 5.35. The quantitative estimate of drug-likeness (QED) is 0.382. The topological polar surface area (TPSA) is 71.8 Å². The first-order valence-corrected chi connectivity index (χ1v) is 12.3. The molecule has 6 heteroatoms. The molecule has 1 aromatic heterocycles. The highest BCUT2D eigenvalue weighted by Crippen LogP contribution is 2.32. The fraction of sp³-hybridized carbons (Fsp3) is 0.267. The number of fused-ring (bicyclic) bond motifs is 2. The summed E-state index contributed by atoms with van der Waals surface area (Å²) in [5.74, 6) is -0.387. The molecule has 0 saturated heterocycles. The van der Waals surface area contributed by atoms with Gasteiger partial charge in [0.05, 0.1) is 18.0 Å². The predicted octanol–water partition coefficient (Wildman–Crippen LogP) is 5.40. The molecular formula is C30H30N2O4. The van der Waals surface area contributed by atoms with Gasteiger partial charge in [-0.15, -0.1) is 0 Å². The molecule has 1 N–H and O–H groups in total. The van der Waals surface area contributed by atoms with Crippen LogP contribution in [0, 0.1) is 13.8 Å². The zero-order valence-electron chi connectivity index (χ0n) is 20.8. The Balaban J connectivity index is 1.35. The summed E-state index contributed by atoms with van der Waals surface area (Å²) >= 11 is 0. The summed E-state index contributed by atoms with van der Waals surface area (Å²) in [7, 11) is 0. The standard InChI is InChI=1S/C30H30N2O4/c1-4-31-23(16-22-7-5-6-8-27(22)31)18-36-24-12-10-21(11-13-24)30(35)32-20(3)25(17-29(33)34)26-15-19(2)9-14-28(26)32/h5-15,23H,4,16-18H2,1-3H3,(H,33,34)/t23-/m1/s1. The number of carboxylic acid groups (broad SMARTS) is 1. The van der Waals surface area contributed by atoms with Gasteiger partial charge in [-0.2, -0.15) is 0 Å². The van der Waals surface area contributed by atoms with Gasteiger partial charge in [-0.25, -0.2) is 0 Å². The SMILES string of the molecule is CCN1c2ccccc2C[C@@H]1COc1ccc(C(=O)n2c(C)c(CC(=O)O)c3cc(C)ccc32)cc1. The van der Waals surface area contributed by atoms with E-state index in [-0.39, 0.29) is 18.4 Å². The van der Waals surface area contributed by atoms with Gasteiger partial charge in [0.2, 0.25) is 0 Å². The van der Waals surface area contributed by atoms with E-state index in [4.69, 9.17) is 4.74 Å². The van der Waals surface area contributed by atoms with Crippen LogP contribution in [0.2, 0.25) is 0 Å². The van der Waals surface area contributed by atoms with E-state index in [0.29, 0.717) is 23.4 Å². The number of likely N-dealkylation sites (N-methyl/N-ethyl adjacent to an activating group) is 1. The Bertz CT molecular complexity index is 1450. The zero-order chi connectivity index (χ0) is 25.4. The molecule has 184 valence electrons. The number of hydrogen-bond acceptors (Lipinski definition) is 4. The van der Waals surface area contributed by atoms with Crippen molar-refractivity contribution < 1.29 is 19.4 Å². The fourth-order valence-electron chi connectivity index (χ4n) is 5.35. The number of carbonyl (C=O) groups is 2. The molecule has 4 aromatic rings. The number of aromatic nitrogens is 1. The minimum Gasteiger partial charge on any atom is -0.491 e. The van der Waals surface area contributed by atoms with Crippen LogP contribution in [0.15, 0.2) is 66.7 Å². The molecule has 2 heterocycles. The molecule has 3 aromatic carbocycles. The number of carboxylic acids is 1. The Morgan fingerprint density at radius 1 is 1.03 bits per heavy atom. The summed E-state index contributed by atoms with van der Waals surface area (Å²) in [5.41, 5.74) is 6.22. The van der Waals surface area contributed by atoms with Crippen LogP contribution in [0.3, 0.4) is 0 Å². The van der Waals surface area contributed by atoms with Crippen molar-refractivity contribution in [3.8, 4) is 5.75 Å². The van der Waals surface area contributed by atoms with Crippen LogP contribution >= 0.6 is 0 Å². The number of nitrogens with zero attached hydrogens (tertiary/aromatic N) is 2. The summed E-state index contributed by atoms with van der Waals surface area (Å²) in [6.45, 7) is 7.41. The molecule has 1 aliphatic heterocycles. The van der Waals surface area contributed by atoms with Crippen LogP contribution < -0.4 is 9.64 Å². The Hall–Kier alpha value is -4.06. The number of aliphatic carboxylic acids is 1. The lowest BCUT2D eigenvalue weighted by molar-refractivity contribution is -0.136. The minimum atomic E-state index is -0.917. The first-order chi connectivity index (χ1) is 17.4. The normalized spacial score (nSPS) is 14.8. The summed E-state index contributed by atoms with van der Waals surface area (Å²) in [4.78, 5) is 27.4. The van der Waals surface area contributed by atoms with Gasteiger partial charge in [0.1, 0.15) is 12.4 Å². The maximum Gasteiger partial charge on any atom is 0.307 e. The number of benzene rings is 3. The van der Waals surface area contributed by atoms with Crippen LogP contribution in [0.25, 0.3) is 10.9 Å². The van der Waals surface area contributed by atoms with Gasteiger partial charge < -0.3 is 14.7 Å². The predicted molar refractivity (Wildman–Crippen MR) is 141 cm³/mol. The molecule has 0 fully saturated rings. The van der Waals surface area contributed by atoms with Crippen molar-refractivity contribution in [3.63, 3.8) is 0 Å². The third-order valence-electron chi connectivity index (χ3n) is 7.10. The van der Waals surface area contributed by atoms with Gasteiger partial charge in [0.25, 0.3) is 5.91 Å². The molecule has 0 amide bonds. The van der Waals surface area contributed by atoms with Crippen molar-refractivity contribution in [2.75, 3.05) is 18.1 Å². The van der Waals surface area contributed by atoms with E-state index < -0.39 is 5.97 Å². The molecule has 6 nitrogen and oxygen atoms in total. The molecule has 1 atom stereocenters. The van der Waals surface area contributed by atoms with Gasteiger partial charge in [0, 0.05) is 28.9 Å². The average molecular weight is 483 g/mol. The Morgan fingerprint density at radius 2 is 1.78 bits per heavy atom. The third-order valence-corrected chi connectivity index (χ3v) is 7.10. The van der Waals surface area contributed by atoms with Crippen molar-refractivity contribution in [3.05, 3.63) is 94.7 Å². The summed E-state index contributed by atoms with van der Waals surface area (Å²) in [6.07, 6.45) is 0.831. The van der Waals surface area contributed by atoms with E-state index >= 15 is 0 Å². The zero-order valence-corrected chi connectivity index (χ0v) is 20.8. The highest BCUT2D eigenvalue weighted by molar-refractivity contribution is 6.04. The largest absolute Gasteiger partial charge is 0.491 e. The molecule has 0 spiro atoms. The van der Waals surface area contributed by atoms with E-state index in [1.807, 2.05) is 44.2 Å². The van der Waals surface area contributed by atoms with Gasteiger partial charge >= 0.3 is 5.97 Å². The van der Waals surface area contributed by atoms with Crippen LogP contribution in [0.5, 0.6) is 5.75 Å². The molecule has 0 aliphatic carbocycles. The number of carbonyl (C=O) groups excluding carboxylic acids is 1. The number of rotatable bonds is 7. The van der Waals surface area contributed by atoms with Crippen molar-refractivity contribution >= 4 is 28.5 Å². The Labute approximate surface area is 210 Å². The van der Waals surface area contributed by atoms with Gasteiger partial charge in [-0.05, 0) is 80.8 Å². The molecule has 36 heavy (non-hydrogen) atoms.